The van der Waals surface area contributed by atoms with Crippen LogP contribution in [0, 0.1) is 0 Å². The van der Waals surface area contributed by atoms with Gasteiger partial charge in [-0.2, -0.15) is 0 Å². The predicted octanol–water partition coefficient (Wildman–Crippen LogP) is 3.48. The van der Waals surface area contributed by atoms with E-state index in [9.17, 15) is 0 Å². The second-order valence-corrected chi connectivity index (χ2v) is 5.64. The Balaban J connectivity index is 2.38. The summed E-state index contributed by atoms with van der Waals surface area (Å²) in [6.45, 7) is 7.96. The van der Waals surface area contributed by atoms with Gasteiger partial charge in [-0.3, -0.25) is 0 Å². The number of rotatable bonds is 3. The Morgan fingerprint density at radius 1 is 1.35 bits per heavy atom. The molecule has 0 radical (unpaired) electrons. The molecule has 0 aromatic heterocycles. The minimum atomic E-state index is 0.155. The van der Waals surface area contributed by atoms with Gasteiger partial charge < -0.3 is 10.6 Å². The SMILES string of the molecule is CCC(N)c1ccccc1N1CCCC1(C)C. The maximum Gasteiger partial charge on any atom is 0.0419 e. The standard InChI is InChI=1S/C15H24N2/c1-4-13(16)12-8-5-6-9-14(12)17-11-7-10-15(17,2)3/h5-6,8-9,13H,4,7,10-11,16H2,1-3H3. The molecule has 1 fully saturated rings. The summed E-state index contributed by atoms with van der Waals surface area (Å²) in [5.74, 6) is 0. The lowest BCUT2D eigenvalue weighted by Crippen LogP contribution is -2.39. The Morgan fingerprint density at radius 3 is 2.65 bits per heavy atom. The average Bonchev–Trinajstić information content (AvgIpc) is 2.68. The van der Waals surface area contributed by atoms with Crippen molar-refractivity contribution in [1.29, 1.82) is 0 Å². The molecule has 0 amide bonds. The van der Waals surface area contributed by atoms with Gasteiger partial charge in [-0.05, 0) is 44.7 Å². The molecular formula is C15H24N2. The molecule has 1 heterocycles. The molecule has 1 aliphatic rings. The molecular weight excluding hydrogens is 208 g/mol. The number of nitrogens with zero attached hydrogens (tertiary/aromatic N) is 1. The van der Waals surface area contributed by atoms with Crippen LogP contribution in [0.25, 0.3) is 0 Å². The molecule has 94 valence electrons. The summed E-state index contributed by atoms with van der Waals surface area (Å²) < 4.78 is 0. The minimum Gasteiger partial charge on any atom is -0.366 e. The highest BCUT2D eigenvalue weighted by molar-refractivity contribution is 5.57. The molecule has 2 nitrogen and oxygen atoms in total. The highest BCUT2D eigenvalue weighted by Crippen LogP contribution is 2.37. The van der Waals surface area contributed by atoms with Gasteiger partial charge in [0.1, 0.15) is 0 Å². The minimum absolute atomic E-state index is 0.155. The van der Waals surface area contributed by atoms with Gasteiger partial charge in [0.15, 0.2) is 0 Å². The smallest absolute Gasteiger partial charge is 0.0419 e. The van der Waals surface area contributed by atoms with Crippen molar-refractivity contribution in [3.05, 3.63) is 29.8 Å². The first kappa shape index (κ1) is 12.4. The van der Waals surface area contributed by atoms with E-state index in [-0.39, 0.29) is 11.6 Å². The van der Waals surface area contributed by atoms with Crippen molar-refractivity contribution in [3.63, 3.8) is 0 Å². The normalized spacial score (nSPS) is 20.6. The second-order valence-electron chi connectivity index (χ2n) is 5.64. The summed E-state index contributed by atoms with van der Waals surface area (Å²) in [6, 6.07) is 8.77. The molecule has 2 rings (SSSR count). The van der Waals surface area contributed by atoms with Crippen LogP contribution in [-0.4, -0.2) is 12.1 Å². The Bertz CT molecular complexity index is 384. The second kappa shape index (κ2) is 4.69. The van der Waals surface area contributed by atoms with E-state index in [0.717, 1.165) is 13.0 Å². The molecule has 2 heteroatoms. The van der Waals surface area contributed by atoms with Crippen LogP contribution in [0.3, 0.4) is 0 Å². The maximum absolute atomic E-state index is 6.22. The molecule has 1 aromatic carbocycles. The van der Waals surface area contributed by atoms with Gasteiger partial charge in [0, 0.05) is 23.8 Å². The third-order valence-electron chi connectivity index (χ3n) is 3.97. The van der Waals surface area contributed by atoms with E-state index >= 15 is 0 Å². The van der Waals surface area contributed by atoms with Gasteiger partial charge in [-0.25, -0.2) is 0 Å². The number of hydrogen-bond acceptors (Lipinski definition) is 2. The fraction of sp³-hybridized carbons (Fsp3) is 0.600. The number of nitrogens with two attached hydrogens (primary N) is 1. The van der Waals surface area contributed by atoms with Crippen molar-refractivity contribution in [2.75, 3.05) is 11.4 Å². The van der Waals surface area contributed by atoms with Gasteiger partial charge in [-0.1, -0.05) is 25.1 Å². The zero-order valence-corrected chi connectivity index (χ0v) is 11.2. The Kier molecular flexibility index (Phi) is 3.43. The van der Waals surface area contributed by atoms with Gasteiger partial charge in [-0.15, -0.1) is 0 Å². The van der Waals surface area contributed by atoms with E-state index < -0.39 is 0 Å². The van der Waals surface area contributed by atoms with Gasteiger partial charge in [0.25, 0.3) is 0 Å². The van der Waals surface area contributed by atoms with Crippen LogP contribution >= 0.6 is 0 Å². The number of para-hydroxylation sites is 1. The highest BCUT2D eigenvalue weighted by atomic mass is 15.2. The van der Waals surface area contributed by atoms with E-state index in [1.165, 1.54) is 24.1 Å². The Hall–Kier alpha value is -1.02. The number of hydrogen-bond donors (Lipinski definition) is 1. The summed E-state index contributed by atoms with van der Waals surface area (Å²) in [6.07, 6.45) is 3.54. The Morgan fingerprint density at radius 2 is 2.06 bits per heavy atom. The van der Waals surface area contributed by atoms with E-state index in [1.807, 2.05) is 0 Å². The van der Waals surface area contributed by atoms with Crippen LogP contribution in [0.1, 0.15) is 51.6 Å². The Labute approximate surface area is 105 Å². The molecule has 0 aliphatic carbocycles. The third kappa shape index (κ3) is 2.32. The molecule has 0 saturated carbocycles. The third-order valence-corrected chi connectivity index (χ3v) is 3.97. The highest BCUT2D eigenvalue weighted by Gasteiger charge is 2.33. The molecule has 17 heavy (non-hydrogen) atoms. The monoisotopic (exact) mass is 232 g/mol. The molecule has 1 aliphatic heterocycles. The molecule has 1 aromatic rings. The van der Waals surface area contributed by atoms with Crippen molar-refractivity contribution in [3.8, 4) is 0 Å². The fourth-order valence-electron chi connectivity index (χ4n) is 2.82. The van der Waals surface area contributed by atoms with E-state index in [1.54, 1.807) is 0 Å². The van der Waals surface area contributed by atoms with Crippen LogP contribution in [0.5, 0.6) is 0 Å². The molecule has 1 unspecified atom stereocenters. The van der Waals surface area contributed by atoms with Crippen LogP contribution in [-0.2, 0) is 0 Å². The number of anilines is 1. The predicted molar refractivity (Wildman–Crippen MR) is 74.3 cm³/mol. The molecule has 2 N–H and O–H groups in total. The summed E-state index contributed by atoms with van der Waals surface area (Å²) >= 11 is 0. The first-order valence-corrected chi connectivity index (χ1v) is 6.68. The van der Waals surface area contributed by atoms with Crippen molar-refractivity contribution in [2.45, 2.75) is 51.6 Å². The lowest BCUT2D eigenvalue weighted by Gasteiger charge is -2.36. The van der Waals surface area contributed by atoms with Crippen molar-refractivity contribution in [2.24, 2.45) is 5.73 Å². The summed E-state index contributed by atoms with van der Waals surface area (Å²) in [4.78, 5) is 2.53. The maximum atomic E-state index is 6.22. The summed E-state index contributed by atoms with van der Waals surface area (Å²) in [5.41, 5.74) is 9.13. The van der Waals surface area contributed by atoms with Gasteiger partial charge >= 0.3 is 0 Å². The van der Waals surface area contributed by atoms with Gasteiger partial charge in [0.2, 0.25) is 0 Å². The zero-order chi connectivity index (χ0) is 12.5. The summed E-state index contributed by atoms with van der Waals surface area (Å²) in [5, 5.41) is 0. The lowest BCUT2D eigenvalue weighted by molar-refractivity contribution is 0.515. The van der Waals surface area contributed by atoms with E-state index in [4.69, 9.17) is 5.73 Å². The van der Waals surface area contributed by atoms with Crippen LogP contribution in [0.2, 0.25) is 0 Å². The topological polar surface area (TPSA) is 29.3 Å². The molecule has 1 atom stereocenters. The molecule has 0 spiro atoms. The van der Waals surface area contributed by atoms with Crippen LogP contribution in [0.15, 0.2) is 24.3 Å². The van der Waals surface area contributed by atoms with Crippen LogP contribution in [0.4, 0.5) is 5.69 Å². The first-order valence-electron chi connectivity index (χ1n) is 6.68. The lowest BCUT2D eigenvalue weighted by atomic mass is 9.98. The molecule has 0 bridgehead atoms. The quantitative estimate of drug-likeness (QED) is 0.864. The van der Waals surface area contributed by atoms with E-state index in [2.05, 4.69) is 49.9 Å². The van der Waals surface area contributed by atoms with Crippen molar-refractivity contribution in [1.82, 2.24) is 0 Å². The fourth-order valence-corrected chi connectivity index (χ4v) is 2.82. The van der Waals surface area contributed by atoms with E-state index in [0.29, 0.717) is 0 Å². The first-order chi connectivity index (χ1) is 8.06. The summed E-state index contributed by atoms with van der Waals surface area (Å²) in [7, 11) is 0. The van der Waals surface area contributed by atoms with Crippen molar-refractivity contribution >= 4 is 5.69 Å². The molecule has 1 saturated heterocycles. The van der Waals surface area contributed by atoms with Crippen LogP contribution < -0.4 is 10.6 Å². The number of benzene rings is 1. The van der Waals surface area contributed by atoms with Gasteiger partial charge in [0.05, 0.1) is 0 Å². The average molecular weight is 232 g/mol. The zero-order valence-electron chi connectivity index (χ0n) is 11.2. The largest absolute Gasteiger partial charge is 0.366 e. The van der Waals surface area contributed by atoms with Crippen molar-refractivity contribution < 1.29 is 0 Å².